The molecule has 1 aromatic heterocycles. The number of para-hydroxylation sites is 1. The van der Waals surface area contributed by atoms with E-state index in [1.54, 1.807) is 30.3 Å². The van der Waals surface area contributed by atoms with Crippen molar-refractivity contribution in [3.05, 3.63) is 105 Å². The van der Waals surface area contributed by atoms with Gasteiger partial charge >= 0.3 is 5.97 Å². The second-order valence-electron chi connectivity index (χ2n) is 8.67. The van der Waals surface area contributed by atoms with Gasteiger partial charge in [-0.05, 0) is 60.9 Å². The number of carboxylic acid groups (broad SMARTS) is 1. The third kappa shape index (κ3) is 3.90. The SMILES string of the molecule is Cc1cc(C(C)Nc2ccccc2C(=O)O)c2oc(N3Cc4ccc(F)cc4C3)cc(=O)c2c1. The number of benzene rings is 3. The van der Waals surface area contributed by atoms with E-state index in [1.807, 2.05) is 24.8 Å². The number of fused-ring (bicyclic) bond motifs is 2. The first kappa shape index (κ1) is 21.7. The quantitative estimate of drug-likeness (QED) is 0.403. The molecule has 2 heterocycles. The first-order valence-corrected chi connectivity index (χ1v) is 11.0. The second-order valence-corrected chi connectivity index (χ2v) is 8.67. The maximum absolute atomic E-state index is 13.7. The molecule has 6 nitrogen and oxygen atoms in total. The zero-order valence-electron chi connectivity index (χ0n) is 18.8. The van der Waals surface area contributed by atoms with Gasteiger partial charge in [-0.15, -0.1) is 0 Å². The van der Waals surface area contributed by atoms with Gasteiger partial charge in [-0.2, -0.15) is 0 Å². The number of rotatable bonds is 5. The number of aryl methyl sites for hydroxylation is 1. The Balaban J connectivity index is 1.56. The predicted octanol–water partition coefficient (Wildman–Crippen LogP) is 5.63. The molecule has 0 fully saturated rings. The average molecular weight is 458 g/mol. The zero-order valence-corrected chi connectivity index (χ0v) is 18.8. The molecule has 5 rings (SSSR count). The molecule has 0 bridgehead atoms. The number of hydrogen-bond donors (Lipinski definition) is 2. The van der Waals surface area contributed by atoms with Crippen molar-refractivity contribution in [1.82, 2.24) is 0 Å². The summed E-state index contributed by atoms with van der Waals surface area (Å²) in [6.07, 6.45) is 0. The number of carboxylic acids is 1. The average Bonchev–Trinajstić information content (AvgIpc) is 3.22. The molecule has 7 heteroatoms. The standard InChI is InChI=1S/C27H23FN2O4/c1-15-9-21(16(2)29-23-6-4-3-5-20(23)27(32)33)26-22(10-15)24(31)12-25(34-26)30-13-17-7-8-19(28)11-18(17)14-30/h3-12,16,29H,13-14H2,1-2H3,(H,32,33). The van der Waals surface area contributed by atoms with E-state index in [0.717, 1.165) is 22.3 Å². The number of hydrogen-bond acceptors (Lipinski definition) is 5. The van der Waals surface area contributed by atoms with Crippen LogP contribution >= 0.6 is 0 Å². The molecule has 0 saturated heterocycles. The van der Waals surface area contributed by atoms with Gasteiger partial charge in [-0.1, -0.05) is 24.3 Å². The van der Waals surface area contributed by atoms with E-state index < -0.39 is 5.97 Å². The normalized spacial score (nSPS) is 13.7. The summed E-state index contributed by atoms with van der Waals surface area (Å²) in [5, 5.41) is 13.2. The summed E-state index contributed by atoms with van der Waals surface area (Å²) in [4.78, 5) is 26.6. The molecule has 0 spiro atoms. The topological polar surface area (TPSA) is 82.8 Å². The predicted molar refractivity (Wildman–Crippen MR) is 129 cm³/mol. The van der Waals surface area contributed by atoms with Gasteiger partial charge in [0, 0.05) is 30.4 Å². The monoisotopic (exact) mass is 458 g/mol. The Morgan fingerprint density at radius 2 is 1.85 bits per heavy atom. The molecule has 0 radical (unpaired) electrons. The van der Waals surface area contributed by atoms with Crippen molar-refractivity contribution in [2.24, 2.45) is 0 Å². The highest BCUT2D eigenvalue weighted by atomic mass is 19.1. The first-order chi connectivity index (χ1) is 16.3. The number of aromatic carboxylic acids is 1. The Kier molecular flexibility index (Phi) is 5.32. The van der Waals surface area contributed by atoms with Gasteiger partial charge in [0.05, 0.1) is 17.0 Å². The van der Waals surface area contributed by atoms with E-state index in [1.165, 1.54) is 24.3 Å². The Bertz CT molecular complexity index is 1490. The minimum Gasteiger partial charge on any atom is -0.478 e. The van der Waals surface area contributed by atoms with Crippen LogP contribution < -0.4 is 15.6 Å². The zero-order chi connectivity index (χ0) is 24.0. The van der Waals surface area contributed by atoms with Gasteiger partial charge in [-0.25, -0.2) is 9.18 Å². The molecule has 2 N–H and O–H groups in total. The summed E-state index contributed by atoms with van der Waals surface area (Å²) in [7, 11) is 0. The summed E-state index contributed by atoms with van der Waals surface area (Å²) in [5.74, 6) is -0.902. The number of nitrogens with one attached hydrogen (secondary N) is 1. The lowest BCUT2D eigenvalue weighted by molar-refractivity contribution is 0.0698. The van der Waals surface area contributed by atoms with Crippen molar-refractivity contribution in [3.63, 3.8) is 0 Å². The van der Waals surface area contributed by atoms with Gasteiger partial charge in [-0.3, -0.25) is 4.79 Å². The van der Waals surface area contributed by atoms with E-state index in [0.29, 0.717) is 35.6 Å². The lowest BCUT2D eigenvalue weighted by atomic mass is 10.0. The van der Waals surface area contributed by atoms with Gasteiger partial charge in [0.15, 0.2) is 5.43 Å². The fourth-order valence-electron chi connectivity index (χ4n) is 4.52. The summed E-state index contributed by atoms with van der Waals surface area (Å²) >= 11 is 0. The van der Waals surface area contributed by atoms with Crippen LogP contribution in [0.15, 0.2) is 69.9 Å². The van der Waals surface area contributed by atoms with Gasteiger partial charge in [0.1, 0.15) is 11.4 Å². The molecule has 34 heavy (non-hydrogen) atoms. The van der Waals surface area contributed by atoms with Crippen LogP contribution in [0.3, 0.4) is 0 Å². The van der Waals surface area contributed by atoms with Crippen LogP contribution in [0.4, 0.5) is 16.0 Å². The van der Waals surface area contributed by atoms with Crippen LogP contribution in [0.1, 0.15) is 45.6 Å². The Morgan fingerprint density at radius 1 is 1.09 bits per heavy atom. The Hall–Kier alpha value is -4.13. The van der Waals surface area contributed by atoms with Crippen LogP contribution in [0, 0.1) is 12.7 Å². The highest BCUT2D eigenvalue weighted by molar-refractivity contribution is 5.94. The molecule has 1 aliphatic rings. The van der Waals surface area contributed by atoms with Crippen LogP contribution in [-0.2, 0) is 13.1 Å². The molecule has 1 aliphatic heterocycles. The van der Waals surface area contributed by atoms with Gasteiger partial charge in [0.25, 0.3) is 0 Å². The fraction of sp³-hybridized carbons (Fsp3) is 0.185. The van der Waals surface area contributed by atoms with Crippen LogP contribution in [0.2, 0.25) is 0 Å². The molecule has 1 atom stereocenters. The highest BCUT2D eigenvalue weighted by Gasteiger charge is 2.24. The summed E-state index contributed by atoms with van der Waals surface area (Å²) in [6, 6.07) is 16.2. The summed E-state index contributed by atoms with van der Waals surface area (Å²) < 4.78 is 20.0. The molecule has 0 amide bonds. The fourth-order valence-corrected chi connectivity index (χ4v) is 4.52. The molecule has 0 saturated carbocycles. The molecular weight excluding hydrogens is 435 g/mol. The lowest BCUT2D eigenvalue weighted by Gasteiger charge is -2.21. The number of carbonyl (C=O) groups is 1. The van der Waals surface area contributed by atoms with Gasteiger partial charge < -0.3 is 19.7 Å². The molecule has 4 aromatic rings. The third-order valence-electron chi connectivity index (χ3n) is 6.19. The summed E-state index contributed by atoms with van der Waals surface area (Å²) in [5.41, 5.74) is 4.43. The van der Waals surface area contributed by atoms with Crippen molar-refractivity contribution in [2.45, 2.75) is 33.0 Å². The van der Waals surface area contributed by atoms with E-state index in [4.69, 9.17) is 4.42 Å². The van der Waals surface area contributed by atoms with E-state index >= 15 is 0 Å². The van der Waals surface area contributed by atoms with E-state index in [-0.39, 0.29) is 22.9 Å². The Labute approximate surface area is 195 Å². The second kappa shape index (κ2) is 8.33. The molecule has 1 unspecified atom stereocenters. The van der Waals surface area contributed by atoms with Gasteiger partial charge in [0.2, 0.25) is 5.88 Å². The van der Waals surface area contributed by atoms with Crippen LogP contribution in [-0.4, -0.2) is 11.1 Å². The molecule has 172 valence electrons. The highest BCUT2D eigenvalue weighted by Crippen LogP contribution is 2.33. The van der Waals surface area contributed by atoms with Crippen molar-refractivity contribution < 1.29 is 18.7 Å². The van der Waals surface area contributed by atoms with Crippen molar-refractivity contribution >= 4 is 28.5 Å². The van der Waals surface area contributed by atoms with E-state index in [9.17, 15) is 19.1 Å². The maximum atomic E-state index is 13.7. The van der Waals surface area contributed by atoms with Crippen LogP contribution in [0.25, 0.3) is 11.0 Å². The van der Waals surface area contributed by atoms with E-state index in [2.05, 4.69) is 5.32 Å². The Morgan fingerprint density at radius 3 is 2.65 bits per heavy atom. The lowest BCUT2D eigenvalue weighted by Crippen LogP contribution is -2.18. The largest absolute Gasteiger partial charge is 0.478 e. The molecule has 0 aliphatic carbocycles. The maximum Gasteiger partial charge on any atom is 0.337 e. The number of halogens is 1. The summed E-state index contributed by atoms with van der Waals surface area (Å²) in [6.45, 7) is 4.77. The van der Waals surface area contributed by atoms with Crippen molar-refractivity contribution in [1.29, 1.82) is 0 Å². The van der Waals surface area contributed by atoms with Crippen molar-refractivity contribution in [3.8, 4) is 0 Å². The molecular formula is C27H23FN2O4. The van der Waals surface area contributed by atoms with Crippen molar-refractivity contribution in [2.75, 3.05) is 10.2 Å². The number of nitrogens with zero attached hydrogens (tertiary/aromatic N) is 1. The smallest absolute Gasteiger partial charge is 0.337 e. The minimum atomic E-state index is -1.02. The minimum absolute atomic E-state index is 0.163. The molecule has 3 aromatic carbocycles. The van der Waals surface area contributed by atoms with Crippen LogP contribution in [0.5, 0.6) is 0 Å². The number of anilines is 2. The first-order valence-electron chi connectivity index (χ1n) is 11.0. The third-order valence-corrected chi connectivity index (χ3v) is 6.19.